The van der Waals surface area contributed by atoms with Gasteiger partial charge in [-0.1, -0.05) is 0 Å². The zero-order valence-electron chi connectivity index (χ0n) is 8.82. The Morgan fingerprint density at radius 2 is 2.07 bits per heavy atom. The molecule has 0 aromatic rings. The molecule has 2 atom stereocenters. The van der Waals surface area contributed by atoms with E-state index in [0.717, 1.165) is 12.8 Å². The summed E-state index contributed by atoms with van der Waals surface area (Å²) in [6.45, 7) is 1.94. The summed E-state index contributed by atoms with van der Waals surface area (Å²) in [5, 5.41) is 5.71. The van der Waals surface area contributed by atoms with Crippen LogP contribution >= 0.6 is 0 Å². The second kappa shape index (κ2) is 5.09. The highest BCUT2D eigenvalue weighted by molar-refractivity contribution is 5.82. The first kappa shape index (κ1) is 11.9. The highest BCUT2D eigenvalue weighted by atomic mass is 16.2. The van der Waals surface area contributed by atoms with Gasteiger partial charge in [0, 0.05) is 12.6 Å². The van der Waals surface area contributed by atoms with E-state index in [1.807, 2.05) is 0 Å². The molecule has 0 saturated heterocycles. The van der Waals surface area contributed by atoms with Crippen molar-refractivity contribution in [2.24, 2.45) is 11.5 Å². The molecule has 0 aromatic heterocycles. The molecular weight excluding hydrogens is 196 g/mol. The van der Waals surface area contributed by atoms with Crippen molar-refractivity contribution in [3.05, 3.63) is 0 Å². The number of carbonyl (C=O) groups excluding carboxylic acids is 2. The van der Waals surface area contributed by atoms with E-state index in [1.165, 1.54) is 0 Å². The molecule has 6 N–H and O–H groups in total. The molecule has 15 heavy (non-hydrogen) atoms. The van der Waals surface area contributed by atoms with E-state index in [4.69, 9.17) is 11.5 Å². The van der Waals surface area contributed by atoms with Gasteiger partial charge in [0.15, 0.2) is 0 Å². The molecule has 0 bridgehead atoms. The number of nitrogens with two attached hydrogens (primary N) is 2. The summed E-state index contributed by atoms with van der Waals surface area (Å²) in [5.41, 5.74) is 10.4. The molecule has 1 rings (SSSR count). The van der Waals surface area contributed by atoms with Crippen molar-refractivity contribution in [1.82, 2.24) is 10.6 Å². The highest BCUT2D eigenvalue weighted by Gasteiger charge is 2.25. The van der Waals surface area contributed by atoms with Gasteiger partial charge in [-0.2, -0.15) is 0 Å². The van der Waals surface area contributed by atoms with E-state index in [9.17, 15) is 9.59 Å². The van der Waals surface area contributed by atoms with Crippen LogP contribution in [0.25, 0.3) is 0 Å². The van der Waals surface area contributed by atoms with Crippen LogP contribution in [0, 0.1) is 0 Å². The molecule has 1 aliphatic carbocycles. The van der Waals surface area contributed by atoms with Crippen molar-refractivity contribution >= 4 is 11.8 Å². The van der Waals surface area contributed by atoms with Crippen molar-refractivity contribution < 1.29 is 9.59 Å². The Labute approximate surface area is 88.8 Å². The third-order valence-corrected chi connectivity index (χ3v) is 2.33. The van der Waals surface area contributed by atoms with Gasteiger partial charge < -0.3 is 22.1 Å². The minimum Gasteiger partial charge on any atom is -0.368 e. The summed E-state index contributed by atoms with van der Waals surface area (Å²) in [5.74, 6) is -0.633. The van der Waals surface area contributed by atoms with Crippen LogP contribution in [-0.4, -0.2) is 36.5 Å². The van der Waals surface area contributed by atoms with Crippen LogP contribution in [0.4, 0.5) is 0 Å². The molecule has 0 radical (unpaired) electrons. The molecule has 2 unspecified atom stereocenters. The summed E-state index contributed by atoms with van der Waals surface area (Å²) in [4.78, 5) is 22.1. The van der Waals surface area contributed by atoms with Gasteiger partial charge in [-0.25, -0.2) is 0 Å². The average Bonchev–Trinajstić information content (AvgIpc) is 2.96. The molecular formula is C9H18N4O2. The lowest BCUT2D eigenvalue weighted by molar-refractivity contribution is -0.123. The van der Waals surface area contributed by atoms with Crippen molar-refractivity contribution in [1.29, 1.82) is 0 Å². The lowest BCUT2D eigenvalue weighted by atomic mass is 10.2. The van der Waals surface area contributed by atoms with Crippen LogP contribution in [-0.2, 0) is 9.59 Å². The van der Waals surface area contributed by atoms with Gasteiger partial charge in [0.2, 0.25) is 11.8 Å². The zero-order valence-corrected chi connectivity index (χ0v) is 8.82. The molecule has 6 nitrogen and oxygen atoms in total. The fourth-order valence-corrected chi connectivity index (χ4v) is 1.05. The molecule has 6 heteroatoms. The monoisotopic (exact) mass is 214 g/mol. The van der Waals surface area contributed by atoms with E-state index in [2.05, 4.69) is 10.6 Å². The van der Waals surface area contributed by atoms with Crippen molar-refractivity contribution in [2.75, 3.05) is 6.54 Å². The van der Waals surface area contributed by atoms with Gasteiger partial charge in [0.1, 0.15) is 0 Å². The Balaban J connectivity index is 2.18. The predicted molar refractivity (Wildman–Crippen MR) is 55.8 cm³/mol. The zero-order chi connectivity index (χ0) is 11.4. The van der Waals surface area contributed by atoms with Gasteiger partial charge >= 0.3 is 0 Å². The molecule has 1 fully saturated rings. The van der Waals surface area contributed by atoms with Crippen LogP contribution in [0.15, 0.2) is 0 Å². The summed E-state index contributed by atoms with van der Waals surface area (Å²) in [7, 11) is 0. The summed E-state index contributed by atoms with van der Waals surface area (Å²) in [6, 6.07) is -0.760. The maximum Gasteiger partial charge on any atom is 0.237 e. The second-order valence-electron chi connectivity index (χ2n) is 3.92. The fourth-order valence-electron chi connectivity index (χ4n) is 1.05. The Hall–Kier alpha value is -1.14. The van der Waals surface area contributed by atoms with Gasteiger partial charge in [0.05, 0.1) is 12.1 Å². The van der Waals surface area contributed by atoms with Crippen molar-refractivity contribution in [2.45, 2.75) is 37.9 Å². The van der Waals surface area contributed by atoms with Crippen LogP contribution in [0.2, 0.25) is 0 Å². The minimum atomic E-state index is -0.749. The summed E-state index contributed by atoms with van der Waals surface area (Å²) >= 11 is 0. The second-order valence-corrected chi connectivity index (χ2v) is 3.92. The highest BCUT2D eigenvalue weighted by Crippen LogP contribution is 2.18. The number of nitrogens with one attached hydrogen (secondary N) is 2. The largest absolute Gasteiger partial charge is 0.368 e. The lowest BCUT2D eigenvalue weighted by Crippen LogP contribution is -2.50. The Morgan fingerprint density at radius 1 is 1.47 bits per heavy atom. The van der Waals surface area contributed by atoms with E-state index in [0.29, 0.717) is 6.04 Å². The summed E-state index contributed by atoms with van der Waals surface area (Å²) in [6.07, 6.45) is 2.11. The first-order chi connectivity index (χ1) is 7.00. The van der Waals surface area contributed by atoms with Gasteiger partial charge in [-0.3, -0.25) is 9.59 Å². The van der Waals surface area contributed by atoms with Crippen LogP contribution in [0.3, 0.4) is 0 Å². The summed E-state index contributed by atoms with van der Waals surface area (Å²) < 4.78 is 0. The van der Waals surface area contributed by atoms with E-state index in [1.54, 1.807) is 6.92 Å². The average molecular weight is 214 g/mol. The maximum atomic E-state index is 11.4. The molecule has 2 amide bonds. The van der Waals surface area contributed by atoms with Crippen LogP contribution < -0.4 is 22.1 Å². The molecule has 0 spiro atoms. The molecule has 1 aliphatic rings. The normalized spacial score (nSPS) is 19.3. The Kier molecular flexibility index (Phi) is 4.05. The van der Waals surface area contributed by atoms with Gasteiger partial charge in [0.25, 0.3) is 0 Å². The fraction of sp³-hybridized carbons (Fsp3) is 0.778. The Bertz CT molecular complexity index is 252. The molecule has 86 valence electrons. The van der Waals surface area contributed by atoms with Crippen molar-refractivity contribution in [3.63, 3.8) is 0 Å². The van der Waals surface area contributed by atoms with Crippen LogP contribution in [0.5, 0.6) is 0 Å². The standard InChI is InChI=1S/C9H18N4O2/c1-5(9(15)13-6-2-3-6)12-4-7(10)8(11)14/h5-7,12H,2-4,10H2,1H3,(H2,11,14)(H,13,15). The van der Waals surface area contributed by atoms with Gasteiger partial charge in [-0.15, -0.1) is 0 Å². The predicted octanol–water partition coefficient (Wildman–Crippen LogP) is -1.94. The third-order valence-electron chi connectivity index (χ3n) is 2.33. The van der Waals surface area contributed by atoms with Gasteiger partial charge in [-0.05, 0) is 19.8 Å². The maximum absolute atomic E-state index is 11.4. The topological polar surface area (TPSA) is 110 Å². The van der Waals surface area contributed by atoms with Crippen molar-refractivity contribution in [3.8, 4) is 0 Å². The van der Waals surface area contributed by atoms with Crippen LogP contribution in [0.1, 0.15) is 19.8 Å². The van der Waals surface area contributed by atoms with E-state index in [-0.39, 0.29) is 18.5 Å². The molecule has 0 aromatic carbocycles. The lowest BCUT2D eigenvalue weighted by Gasteiger charge is -2.15. The minimum absolute atomic E-state index is 0.0610. The number of carbonyl (C=O) groups is 2. The number of amides is 2. The SMILES string of the molecule is CC(NCC(N)C(N)=O)C(=O)NC1CC1. The molecule has 0 heterocycles. The molecule has 1 saturated carbocycles. The third kappa shape index (κ3) is 4.26. The first-order valence-corrected chi connectivity index (χ1v) is 5.09. The first-order valence-electron chi connectivity index (χ1n) is 5.09. The molecule has 0 aliphatic heterocycles. The number of primary amides is 1. The van der Waals surface area contributed by atoms with E-state index >= 15 is 0 Å². The quantitative estimate of drug-likeness (QED) is 0.412. The Morgan fingerprint density at radius 3 is 2.53 bits per heavy atom. The number of hydrogen-bond donors (Lipinski definition) is 4. The number of rotatable bonds is 6. The number of hydrogen-bond acceptors (Lipinski definition) is 4. The smallest absolute Gasteiger partial charge is 0.237 e. The van der Waals surface area contributed by atoms with E-state index < -0.39 is 11.9 Å².